The monoisotopic (exact) mass is 657 g/mol. The molecule has 246 valence electrons. The van der Waals surface area contributed by atoms with E-state index < -0.39 is 0 Å². The van der Waals surface area contributed by atoms with Gasteiger partial charge in [0.1, 0.15) is 18.2 Å². The Kier molecular flexibility index (Phi) is 7.71. The van der Waals surface area contributed by atoms with Crippen molar-refractivity contribution in [2.75, 3.05) is 0 Å². The third-order valence-electron chi connectivity index (χ3n) is 10.6. The third-order valence-corrected chi connectivity index (χ3v) is 10.6. The van der Waals surface area contributed by atoms with Crippen molar-refractivity contribution < 1.29 is 0 Å². The first kappa shape index (κ1) is 31.0. The predicted molar refractivity (Wildman–Crippen MR) is 211 cm³/mol. The maximum atomic E-state index is 5.26. The van der Waals surface area contributed by atoms with Crippen molar-refractivity contribution in [2.24, 2.45) is 4.99 Å². The van der Waals surface area contributed by atoms with Crippen molar-refractivity contribution in [3.63, 3.8) is 0 Å². The van der Waals surface area contributed by atoms with Crippen LogP contribution in [0.5, 0.6) is 0 Å². The van der Waals surface area contributed by atoms with Crippen molar-refractivity contribution >= 4 is 5.84 Å². The van der Waals surface area contributed by atoms with E-state index in [1.807, 2.05) is 0 Å². The van der Waals surface area contributed by atoms with Crippen LogP contribution in [0.3, 0.4) is 0 Å². The number of hydrogen-bond acceptors (Lipinski definition) is 3. The summed E-state index contributed by atoms with van der Waals surface area (Å²) in [4.78, 5) is 5.26. The summed E-state index contributed by atoms with van der Waals surface area (Å²) in [5, 5.41) is 7.46. The topological polar surface area (TPSA) is 36.4 Å². The van der Waals surface area contributed by atoms with Gasteiger partial charge >= 0.3 is 0 Å². The first-order chi connectivity index (χ1) is 25.0. The Morgan fingerprint density at radius 2 is 0.961 bits per heavy atom. The van der Waals surface area contributed by atoms with Crippen molar-refractivity contribution in [3.05, 3.63) is 204 Å². The van der Waals surface area contributed by atoms with Gasteiger partial charge in [0.25, 0.3) is 0 Å². The molecule has 2 aliphatic rings. The highest BCUT2D eigenvalue weighted by Crippen LogP contribution is 2.49. The van der Waals surface area contributed by atoms with Crippen molar-refractivity contribution in [2.45, 2.75) is 31.6 Å². The minimum atomic E-state index is -0.210. The maximum Gasteiger partial charge on any atom is 0.131 e. The van der Waals surface area contributed by atoms with Gasteiger partial charge in [0.2, 0.25) is 0 Å². The number of nitrogens with zero attached hydrogens (tertiary/aromatic N) is 1. The van der Waals surface area contributed by atoms with Crippen LogP contribution in [0.25, 0.3) is 44.5 Å². The van der Waals surface area contributed by atoms with Crippen LogP contribution in [0.15, 0.2) is 181 Å². The standard InChI is InChI=1S/C48H39N3/c1-48(2)43-22-10-9-21-41(43)42-28-27-39(31-44(42)48)37-18-11-17-36(29-37)38-19-12-20-40(30-38)47-50-45(34-15-7-4-8-16-34)49-46(51-47)35-25-23-33(24-26-35)32-13-5-3-6-14-32/h3-31,45-46,49H,1-2H3,(H,50,51). The van der Waals surface area contributed by atoms with Crippen LogP contribution < -0.4 is 10.6 Å². The molecule has 2 atom stereocenters. The summed E-state index contributed by atoms with van der Waals surface area (Å²) in [6, 6.07) is 63.3. The summed E-state index contributed by atoms with van der Waals surface area (Å²) in [6.07, 6.45) is -0.307. The Bertz CT molecular complexity index is 2390. The van der Waals surface area contributed by atoms with Crippen LogP contribution >= 0.6 is 0 Å². The number of fused-ring (bicyclic) bond motifs is 3. The zero-order valence-corrected chi connectivity index (χ0v) is 28.8. The molecule has 2 unspecified atom stereocenters. The van der Waals surface area contributed by atoms with E-state index in [4.69, 9.17) is 4.99 Å². The van der Waals surface area contributed by atoms with Gasteiger partial charge in [0.15, 0.2) is 0 Å². The lowest BCUT2D eigenvalue weighted by atomic mass is 9.81. The number of aliphatic imine (C=N–C) groups is 1. The van der Waals surface area contributed by atoms with Gasteiger partial charge in [-0.1, -0.05) is 172 Å². The lowest BCUT2D eigenvalue weighted by molar-refractivity contribution is 0.409. The number of nitrogens with one attached hydrogen (secondary N) is 2. The lowest BCUT2D eigenvalue weighted by Crippen LogP contribution is -2.44. The molecule has 0 spiro atoms. The molecule has 7 aromatic rings. The molecule has 0 fully saturated rings. The van der Waals surface area contributed by atoms with Gasteiger partial charge < -0.3 is 5.32 Å². The SMILES string of the molecule is CC1(C)c2ccccc2-c2ccc(-c3cccc(-c4cccc(C5=NC(c6ccc(-c7ccccc7)cc6)NC(c6ccccc6)N5)c4)c3)cc21. The molecule has 3 nitrogen and oxygen atoms in total. The second kappa shape index (κ2) is 12.7. The molecule has 0 aromatic heterocycles. The molecule has 0 radical (unpaired) electrons. The smallest absolute Gasteiger partial charge is 0.131 e. The molecule has 1 heterocycles. The quantitative estimate of drug-likeness (QED) is 0.187. The maximum absolute atomic E-state index is 5.26. The molecule has 51 heavy (non-hydrogen) atoms. The van der Waals surface area contributed by atoms with Crippen LogP contribution in [-0.2, 0) is 5.41 Å². The Balaban J connectivity index is 1.05. The van der Waals surface area contributed by atoms with Gasteiger partial charge in [0, 0.05) is 11.0 Å². The minimum absolute atomic E-state index is 0.0319. The molecule has 9 rings (SSSR count). The van der Waals surface area contributed by atoms with Crippen LogP contribution in [0.1, 0.15) is 54.0 Å². The average molecular weight is 658 g/mol. The number of rotatable bonds is 6. The summed E-state index contributed by atoms with van der Waals surface area (Å²) < 4.78 is 0. The van der Waals surface area contributed by atoms with E-state index in [1.165, 1.54) is 55.6 Å². The number of benzene rings is 7. The minimum Gasteiger partial charge on any atom is -0.350 e. The highest BCUT2D eigenvalue weighted by Gasteiger charge is 2.35. The first-order valence-corrected chi connectivity index (χ1v) is 17.8. The number of hydrogen-bond donors (Lipinski definition) is 2. The van der Waals surface area contributed by atoms with E-state index in [0.29, 0.717) is 0 Å². The molecule has 0 saturated carbocycles. The van der Waals surface area contributed by atoms with Crippen LogP contribution in [0, 0.1) is 0 Å². The van der Waals surface area contributed by atoms with E-state index in [9.17, 15) is 0 Å². The fourth-order valence-corrected chi connectivity index (χ4v) is 7.79. The van der Waals surface area contributed by atoms with Gasteiger partial charge in [-0.3, -0.25) is 5.32 Å². The fraction of sp³-hybridized carbons (Fsp3) is 0.104. The summed E-state index contributed by atoms with van der Waals surface area (Å²) in [7, 11) is 0. The third kappa shape index (κ3) is 5.76. The van der Waals surface area contributed by atoms with E-state index in [1.54, 1.807) is 0 Å². The fourth-order valence-electron chi connectivity index (χ4n) is 7.79. The van der Waals surface area contributed by atoms with E-state index in [0.717, 1.165) is 22.5 Å². The van der Waals surface area contributed by atoms with E-state index in [2.05, 4.69) is 200 Å². The molecule has 1 aliphatic heterocycles. The van der Waals surface area contributed by atoms with Crippen molar-refractivity contribution in [3.8, 4) is 44.5 Å². The molecular weight excluding hydrogens is 619 g/mol. The van der Waals surface area contributed by atoms with Crippen LogP contribution in [0.2, 0.25) is 0 Å². The van der Waals surface area contributed by atoms with Crippen molar-refractivity contribution in [1.29, 1.82) is 0 Å². The number of amidine groups is 1. The predicted octanol–water partition coefficient (Wildman–Crippen LogP) is 11.3. The second-order valence-corrected chi connectivity index (χ2v) is 14.1. The van der Waals surface area contributed by atoms with Gasteiger partial charge in [0.05, 0.1) is 0 Å². The summed E-state index contributed by atoms with van der Waals surface area (Å²) in [5.41, 5.74) is 16.0. The zero-order chi connectivity index (χ0) is 34.4. The average Bonchev–Trinajstić information content (AvgIpc) is 3.44. The van der Waals surface area contributed by atoms with Crippen LogP contribution in [0.4, 0.5) is 0 Å². The zero-order valence-electron chi connectivity index (χ0n) is 28.8. The molecule has 2 N–H and O–H groups in total. The molecule has 0 bridgehead atoms. The Morgan fingerprint density at radius 1 is 0.431 bits per heavy atom. The van der Waals surface area contributed by atoms with Gasteiger partial charge in [-0.25, -0.2) is 4.99 Å². The molecule has 0 saturated heterocycles. The summed E-state index contributed by atoms with van der Waals surface area (Å²) in [5.74, 6) is 0.873. The Labute approximate surface area is 300 Å². The lowest BCUT2D eigenvalue weighted by Gasteiger charge is -2.32. The van der Waals surface area contributed by atoms with E-state index in [-0.39, 0.29) is 17.7 Å². The first-order valence-electron chi connectivity index (χ1n) is 17.8. The van der Waals surface area contributed by atoms with Crippen molar-refractivity contribution in [1.82, 2.24) is 10.6 Å². The van der Waals surface area contributed by atoms with E-state index >= 15 is 0 Å². The van der Waals surface area contributed by atoms with Gasteiger partial charge in [-0.15, -0.1) is 0 Å². The largest absolute Gasteiger partial charge is 0.350 e. The second-order valence-electron chi connectivity index (χ2n) is 14.1. The van der Waals surface area contributed by atoms with Gasteiger partial charge in [-0.05, 0) is 85.0 Å². The normalized spacial score (nSPS) is 17.2. The molecule has 1 aliphatic carbocycles. The molecule has 7 aromatic carbocycles. The highest BCUT2D eigenvalue weighted by atomic mass is 15.3. The summed E-state index contributed by atoms with van der Waals surface area (Å²) in [6.45, 7) is 4.68. The molecule has 3 heteroatoms. The molecular formula is C48H39N3. The Hall–Kier alpha value is -6.03. The molecule has 0 amide bonds. The van der Waals surface area contributed by atoms with Crippen LogP contribution in [-0.4, -0.2) is 5.84 Å². The van der Waals surface area contributed by atoms with Gasteiger partial charge in [-0.2, -0.15) is 0 Å². The Morgan fingerprint density at radius 3 is 1.69 bits per heavy atom. The summed E-state index contributed by atoms with van der Waals surface area (Å²) >= 11 is 0. The highest BCUT2D eigenvalue weighted by molar-refractivity contribution is 6.00.